The van der Waals surface area contributed by atoms with Gasteiger partial charge in [0, 0.05) is 6.20 Å². The van der Waals surface area contributed by atoms with Gasteiger partial charge in [0.15, 0.2) is 0 Å². The molecule has 0 aliphatic heterocycles. The van der Waals surface area contributed by atoms with Crippen LogP contribution < -0.4 is 16.0 Å². The summed E-state index contributed by atoms with van der Waals surface area (Å²) < 4.78 is 5.25. The molecule has 0 spiro atoms. The third-order valence-electron chi connectivity index (χ3n) is 4.57. The highest BCUT2D eigenvalue weighted by molar-refractivity contribution is 5.26. The van der Waals surface area contributed by atoms with Crippen molar-refractivity contribution in [3.63, 3.8) is 0 Å². The molecule has 1 aromatic rings. The van der Waals surface area contributed by atoms with Crippen LogP contribution in [-0.2, 0) is 0 Å². The third kappa shape index (κ3) is 3.70. The molecule has 1 saturated carbocycles. The number of aromatic nitrogens is 1. The molecule has 1 heterocycles. The van der Waals surface area contributed by atoms with Crippen LogP contribution in [0.5, 0.6) is 5.75 Å². The number of rotatable bonds is 6. The van der Waals surface area contributed by atoms with E-state index in [4.69, 9.17) is 10.6 Å². The highest BCUT2D eigenvalue weighted by Crippen LogP contribution is 2.38. The lowest BCUT2D eigenvalue weighted by Gasteiger charge is -2.33. The zero-order valence-corrected chi connectivity index (χ0v) is 12.6. The largest absolute Gasteiger partial charge is 0.495 e. The summed E-state index contributed by atoms with van der Waals surface area (Å²) in [7, 11) is 1.67. The molecule has 4 heteroatoms. The van der Waals surface area contributed by atoms with Gasteiger partial charge in [0.2, 0.25) is 0 Å². The van der Waals surface area contributed by atoms with Crippen molar-refractivity contribution in [2.24, 2.45) is 17.7 Å². The number of nitrogens with zero attached hydrogens (tertiary/aromatic N) is 1. The van der Waals surface area contributed by atoms with Crippen molar-refractivity contribution in [2.45, 2.75) is 51.5 Å². The number of nitrogens with two attached hydrogens (primary N) is 1. The zero-order valence-electron chi connectivity index (χ0n) is 12.6. The first-order valence-corrected chi connectivity index (χ1v) is 7.73. The molecule has 1 aromatic heterocycles. The van der Waals surface area contributed by atoms with Crippen LogP contribution in [0.4, 0.5) is 0 Å². The maximum absolute atomic E-state index is 5.80. The summed E-state index contributed by atoms with van der Waals surface area (Å²) in [6.07, 6.45) is 11.4. The van der Waals surface area contributed by atoms with E-state index < -0.39 is 0 Å². The summed E-state index contributed by atoms with van der Waals surface area (Å²) in [5.74, 6) is 8.11. The van der Waals surface area contributed by atoms with Crippen molar-refractivity contribution in [3.8, 4) is 5.75 Å². The smallest absolute Gasteiger partial charge is 0.137 e. The summed E-state index contributed by atoms with van der Waals surface area (Å²) in [5.41, 5.74) is 4.12. The Morgan fingerprint density at radius 1 is 1.35 bits per heavy atom. The molecule has 20 heavy (non-hydrogen) atoms. The lowest BCUT2D eigenvalue weighted by molar-refractivity contribution is 0.214. The average Bonchev–Trinajstić information content (AvgIpc) is 2.50. The van der Waals surface area contributed by atoms with Crippen LogP contribution in [0, 0.1) is 11.8 Å². The Balaban J connectivity index is 2.01. The first-order chi connectivity index (χ1) is 9.78. The van der Waals surface area contributed by atoms with E-state index in [1.807, 2.05) is 12.3 Å². The summed E-state index contributed by atoms with van der Waals surface area (Å²) in [4.78, 5) is 4.24. The minimum Gasteiger partial charge on any atom is -0.495 e. The van der Waals surface area contributed by atoms with E-state index >= 15 is 0 Å². The molecule has 2 rings (SSSR count). The van der Waals surface area contributed by atoms with Crippen LogP contribution in [0.1, 0.15) is 57.1 Å². The van der Waals surface area contributed by atoms with E-state index in [1.54, 1.807) is 13.3 Å². The molecule has 1 aliphatic carbocycles. The number of nitrogens with one attached hydrogen (secondary N) is 1. The number of hydrazine groups is 1. The molecule has 1 fully saturated rings. The van der Waals surface area contributed by atoms with Crippen molar-refractivity contribution in [1.82, 2.24) is 10.4 Å². The van der Waals surface area contributed by atoms with Crippen molar-refractivity contribution < 1.29 is 4.74 Å². The van der Waals surface area contributed by atoms with Crippen molar-refractivity contribution in [3.05, 3.63) is 24.0 Å². The molecular formula is C16H27N3O. The number of ether oxygens (including phenoxy) is 1. The second-order valence-electron chi connectivity index (χ2n) is 5.87. The van der Waals surface area contributed by atoms with Gasteiger partial charge >= 0.3 is 0 Å². The Kier molecular flexibility index (Phi) is 5.80. The molecule has 1 unspecified atom stereocenters. The lowest BCUT2D eigenvalue weighted by Crippen LogP contribution is -2.35. The zero-order chi connectivity index (χ0) is 14.4. The molecule has 0 radical (unpaired) electrons. The molecule has 1 atom stereocenters. The second-order valence-corrected chi connectivity index (χ2v) is 5.87. The molecule has 0 bridgehead atoms. The Morgan fingerprint density at radius 3 is 2.70 bits per heavy atom. The summed E-state index contributed by atoms with van der Waals surface area (Å²) >= 11 is 0. The van der Waals surface area contributed by atoms with Gasteiger partial charge in [-0.2, -0.15) is 0 Å². The molecule has 0 aromatic carbocycles. The topological polar surface area (TPSA) is 60.2 Å². The first-order valence-electron chi connectivity index (χ1n) is 7.73. The Bertz CT molecular complexity index is 402. The minimum atomic E-state index is 0.181. The maximum Gasteiger partial charge on any atom is 0.137 e. The summed E-state index contributed by atoms with van der Waals surface area (Å²) in [6, 6.07) is 2.22. The van der Waals surface area contributed by atoms with Gasteiger partial charge in [0.1, 0.15) is 5.75 Å². The SMILES string of the molecule is CCCC1CCC(C(NN)c2cncc(OC)c2)CC1. The fourth-order valence-electron chi connectivity index (χ4n) is 3.44. The van der Waals surface area contributed by atoms with Crippen molar-refractivity contribution in [2.75, 3.05) is 7.11 Å². The Morgan fingerprint density at radius 2 is 2.10 bits per heavy atom. The lowest BCUT2D eigenvalue weighted by atomic mass is 9.76. The fourth-order valence-corrected chi connectivity index (χ4v) is 3.44. The van der Waals surface area contributed by atoms with E-state index in [2.05, 4.69) is 17.3 Å². The molecule has 1 aliphatic rings. The Hall–Kier alpha value is -1.13. The highest BCUT2D eigenvalue weighted by atomic mass is 16.5. The molecule has 3 N–H and O–H groups in total. The monoisotopic (exact) mass is 277 g/mol. The summed E-state index contributed by atoms with van der Waals surface area (Å²) in [6.45, 7) is 2.28. The molecule has 112 valence electrons. The fraction of sp³-hybridized carbons (Fsp3) is 0.688. The number of hydrogen-bond acceptors (Lipinski definition) is 4. The van der Waals surface area contributed by atoms with E-state index in [0.717, 1.165) is 17.2 Å². The van der Waals surface area contributed by atoms with Crippen LogP contribution in [0.2, 0.25) is 0 Å². The third-order valence-corrected chi connectivity index (χ3v) is 4.57. The van der Waals surface area contributed by atoms with Gasteiger partial charge in [-0.25, -0.2) is 0 Å². The molecule has 0 amide bonds. The van der Waals surface area contributed by atoms with Crippen LogP contribution >= 0.6 is 0 Å². The predicted molar refractivity (Wildman–Crippen MR) is 81.2 cm³/mol. The van der Waals surface area contributed by atoms with Gasteiger partial charge in [0.25, 0.3) is 0 Å². The first kappa shape index (κ1) is 15.3. The molecule has 0 saturated heterocycles. The predicted octanol–water partition coefficient (Wildman–Crippen LogP) is 3.20. The van der Waals surface area contributed by atoms with Crippen molar-refractivity contribution >= 4 is 0 Å². The maximum atomic E-state index is 5.80. The molecular weight excluding hydrogens is 250 g/mol. The van der Waals surface area contributed by atoms with Gasteiger partial charge in [-0.15, -0.1) is 0 Å². The van der Waals surface area contributed by atoms with Gasteiger partial charge in [0.05, 0.1) is 19.3 Å². The van der Waals surface area contributed by atoms with Gasteiger partial charge < -0.3 is 4.74 Å². The second kappa shape index (κ2) is 7.60. The van der Waals surface area contributed by atoms with Gasteiger partial charge in [-0.1, -0.05) is 32.6 Å². The number of hydrogen-bond donors (Lipinski definition) is 2. The van der Waals surface area contributed by atoms with Crippen molar-refractivity contribution in [1.29, 1.82) is 0 Å². The highest BCUT2D eigenvalue weighted by Gasteiger charge is 2.28. The van der Waals surface area contributed by atoms with E-state index in [0.29, 0.717) is 5.92 Å². The number of methoxy groups -OCH3 is 1. The quantitative estimate of drug-likeness (QED) is 0.619. The van der Waals surface area contributed by atoms with Crippen LogP contribution in [0.15, 0.2) is 18.5 Å². The van der Waals surface area contributed by atoms with E-state index in [1.165, 1.54) is 38.5 Å². The van der Waals surface area contributed by atoms with E-state index in [9.17, 15) is 0 Å². The van der Waals surface area contributed by atoms with Crippen LogP contribution in [-0.4, -0.2) is 12.1 Å². The van der Waals surface area contributed by atoms with E-state index in [-0.39, 0.29) is 6.04 Å². The van der Waals surface area contributed by atoms with Crippen LogP contribution in [0.25, 0.3) is 0 Å². The minimum absolute atomic E-state index is 0.181. The number of pyridine rings is 1. The van der Waals surface area contributed by atoms with Crippen LogP contribution in [0.3, 0.4) is 0 Å². The van der Waals surface area contributed by atoms with Gasteiger partial charge in [-0.3, -0.25) is 16.3 Å². The standard InChI is InChI=1S/C16H27N3O/c1-3-4-12-5-7-13(8-6-12)16(19-17)14-9-15(20-2)11-18-10-14/h9-13,16,19H,3-8,17H2,1-2H3. The summed E-state index contributed by atoms with van der Waals surface area (Å²) in [5, 5.41) is 0. The normalized spacial score (nSPS) is 24.4. The van der Waals surface area contributed by atoms with Gasteiger partial charge in [-0.05, 0) is 36.3 Å². The molecule has 4 nitrogen and oxygen atoms in total. The average molecular weight is 277 g/mol. The Labute approximate surface area is 122 Å².